The van der Waals surface area contributed by atoms with Gasteiger partial charge in [0.15, 0.2) is 12.9 Å². The van der Waals surface area contributed by atoms with Crippen LogP contribution < -0.4 is 10.1 Å². The molecule has 0 fully saturated rings. The number of ether oxygens (including phenoxy) is 1. The van der Waals surface area contributed by atoms with E-state index in [9.17, 15) is 27.2 Å². The van der Waals surface area contributed by atoms with Crippen LogP contribution in [0.15, 0.2) is 42.5 Å². The molecule has 0 unspecified atom stereocenters. The van der Waals surface area contributed by atoms with E-state index >= 15 is 0 Å². The van der Waals surface area contributed by atoms with Crippen molar-refractivity contribution in [1.29, 1.82) is 0 Å². The maximum absolute atomic E-state index is 13.0. The Bertz CT molecular complexity index is 775. The molecule has 4 nitrogen and oxygen atoms in total. The number of carbonyl (C=O) groups is 2. The number of halogens is 4. The molecule has 132 valence electrons. The van der Waals surface area contributed by atoms with Crippen molar-refractivity contribution < 1.29 is 31.9 Å². The molecule has 8 heteroatoms. The Balaban J connectivity index is 1.98. The molecule has 0 spiro atoms. The van der Waals surface area contributed by atoms with Gasteiger partial charge in [-0.2, -0.15) is 13.2 Å². The Labute approximate surface area is 140 Å². The molecule has 2 aromatic rings. The molecule has 0 aliphatic rings. The van der Waals surface area contributed by atoms with Crippen molar-refractivity contribution in [3.05, 3.63) is 65.0 Å². The lowest BCUT2D eigenvalue weighted by Gasteiger charge is -2.14. The number of hydrogen-bond acceptors (Lipinski definition) is 3. The van der Waals surface area contributed by atoms with Gasteiger partial charge in [0.1, 0.15) is 11.6 Å². The van der Waals surface area contributed by atoms with E-state index in [1.165, 1.54) is 12.1 Å². The highest BCUT2D eigenvalue weighted by molar-refractivity contribution is 5.80. The van der Waals surface area contributed by atoms with Crippen molar-refractivity contribution in [3.8, 4) is 5.75 Å². The van der Waals surface area contributed by atoms with E-state index in [4.69, 9.17) is 4.74 Å². The summed E-state index contributed by atoms with van der Waals surface area (Å²) < 4.78 is 56.8. The molecule has 0 aliphatic carbocycles. The topological polar surface area (TPSA) is 55.4 Å². The maximum Gasteiger partial charge on any atom is 0.416 e. The minimum absolute atomic E-state index is 0.186. The fourth-order valence-corrected chi connectivity index (χ4v) is 2.06. The molecular weight excluding hydrogens is 342 g/mol. The van der Waals surface area contributed by atoms with Crippen LogP contribution in [-0.4, -0.2) is 18.8 Å². The lowest BCUT2D eigenvalue weighted by atomic mass is 10.1. The van der Waals surface area contributed by atoms with Crippen LogP contribution in [0.1, 0.15) is 21.5 Å². The van der Waals surface area contributed by atoms with E-state index in [1.54, 1.807) is 12.1 Å². The Morgan fingerprint density at radius 3 is 2.56 bits per heavy atom. The van der Waals surface area contributed by atoms with Crippen LogP contribution >= 0.6 is 0 Å². The van der Waals surface area contributed by atoms with Crippen molar-refractivity contribution in [1.82, 2.24) is 5.32 Å². The fourth-order valence-electron chi connectivity index (χ4n) is 2.06. The van der Waals surface area contributed by atoms with Gasteiger partial charge in [-0.15, -0.1) is 0 Å². The Morgan fingerprint density at radius 1 is 1.16 bits per heavy atom. The second-order valence-corrected chi connectivity index (χ2v) is 5.02. The first-order valence-electron chi connectivity index (χ1n) is 7.10. The Kier molecular flexibility index (Phi) is 5.74. The first-order chi connectivity index (χ1) is 11.8. The summed E-state index contributed by atoms with van der Waals surface area (Å²) in [4.78, 5) is 22.6. The zero-order valence-electron chi connectivity index (χ0n) is 12.8. The van der Waals surface area contributed by atoms with Crippen LogP contribution in [0.2, 0.25) is 0 Å². The van der Waals surface area contributed by atoms with Crippen molar-refractivity contribution in [2.75, 3.05) is 6.61 Å². The molecule has 0 saturated carbocycles. The van der Waals surface area contributed by atoms with Gasteiger partial charge in [-0.3, -0.25) is 9.59 Å². The number of benzene rings is 2. The van der Waals surface area contributed by atoms with Crippen LogP contribution in [0, 0.1) is 5.82 Å². The zero-order chi connectivity index (χ0) is 18.4. The first-order valence-corrected chi connectivity index (χ1v) is 7.10. The molecule has 25 heavy (non-hydrogen) atoms. The molecule has 0 radical (unpaired) electrons. The second kappa shape index (κ2) is 7.78. The van der Waals surface area contributed by atoms with Crippen molar-refractivity contribution in [2.45, 2.75) is 12.7 Å². The van der Waals surface area contributed by atoms with Crippen LogP contribution in [0.5, 0.6) is 5.75 Å². The molecular formula is C17H13F4NO3. The largest absolute Gasteiger partial charge is 0.483 e. The molecule has 1 amide bonds. The lowest BCUT2D eigenvalue weighted by Crippen LogP contribution is -2.29. The van der Waals surface area contributed by atoms with Gasteiger partial charge in [-0.05, 0) is 29.8 Å². The number of amides is 1. The molecule has 2 aromatic carbocycles. The van der Waals surface area contributed by atoms with Gasteiger partial charge in [0.2, 0.25) is 0 Å². The van der Waals surface area contributed by atoms with Crippen LogP contribution in [0.4, 0.5) is 17.6 Å². The highest BCUT2D eigenvalue weighted by atomic mass is 19.4. The van der Waals surface area contributed by atoms with Gasteiger partial charge in [-0.25, -0.2) is 4.39 Å². The summed E-state index contributed by atoms with van der Waals surface area (Å²) >= 11 is 0. The van der Waals surface area contributed by atoms with E-state index in [2.05, 4.69) is 5.32 Å². The average Bonchev–Trinajstić information content (AvgIpc) is 2.58. The van der Waals surface area contributed by atoms with Gasteiger partial charge in [0.05, 0.1) is 11.1 Å². The third-order valence-electron chi connectivity index (χ3n) is 3.26. The van der Waals surface area contributed by atoms with Gasteiger partial charge in [0.25, 0.3) is 5.91 Å². The van der Waals surface area contributed by atoms with Crippen molar-refractivity contribution >= 4 is 12.2 Å². The standard InChI is InChI=1S/C17H13F4NO3/c18-13-6-5-11(14(7-13)17(19,20)21)8-22-16(24)10-25-15-4-2-1-3-12(15)9-23/h1-7,9H,8,10H2,(H,22,24). The van der Waals surface area contributed by atoms with Crippen molar-refractivity contribution in [3.63, 3.8) is 0 Å². The summed E-state index contributed by atoms with van der Waals surface area (Å²) in [6.45, 7) is -0.917. The van der Waals surface area contributed by atoms with Crippen LogP contribution in [0.3, 0.4) is 0 Å². The Hall–Kier alpha value is -2.90. The number of carbonyl (C=O) groups excluding carboxylic acids is 2. The van der Waals surface area contributed by atoms with Crippen molar-refractivity contribution in [2.24, 2.45) is 0 Å². The normalized spacial score (nSPS) is 11.0. The first kappa shape index (κ1) is 18.4. The summed E-state index contributed by atoms with van der Waals surface area (Å²) in [6, 6.07) is 8.41. The van der Waals surface area contributed by atoms with Gasteiger partial charge < -0.3 is 10.1 Å². The van der Waals surface area contributed by atoms with Crippen LogP contribution in [0.25, 0.3) is 0 Å². The smallest absolute Gasteiger partial charge is 0.416 e. The average molecular weight is 355 g/mol. The minimum Gasteiger partial charge on any atom is -0.483 e. The van der Waals surface area contributed by atoms with Gasteiger partial charge in [-0.1, -0.05) is 18.2 Å². The number of aldehydes is 1. The maximum atomic E-state index is 13.0. The second-order valence-electron chi connectivity index (χ2n) is 5.02. The minimum atomic E-state index is -4.73. The number of nitrogens with one attached hydrogen (secondary N) is 1. The SMILES string of the molecule is O=Cc1ccccc1OCC(=O)NCc1ccc(F)cc1C(F)(F)F. The fraction of sp³-hybridized carbons (Fsp3) is 0.176. The summed E-state index contributed by atoms with van der Waals surface area (Å²) in [6.07, 6.45) is -4.18. The third kappa shape index (κ3) is 5.03. The van der Waals surface area contributed by atoms with E-state index in [-0.39, 0.29) is 16.9 Å². The zero-order valence-corrected chi connectivity index (χ0v) is 12.8. The summed E-state index contributed by atoms with van der Waals surface area (Å²) in [7, 11) is 0. The summed E-state index contributed by atoms with van der Waals surface area (Å²) in [5.74, 6) is -1.51. The van der Waals surface area contributed by atoms with Gasteiger partial charge in [0, 0.05) is 6.54 Å². The highest BCUT2D eigenvalue weighted by Gasteiger charge is 2.33. The van der Waals surface area contributed by atoms with E-state index in [0.29, 0.717) is 12.4 Å². The highest BCUT2D eigenvalue weighted by Crippen LogP contribution is 2.32. The predicted octanol–water partition coefficient (Wildman–Crippen LogP) is 3.35. The lowest BCUT2D eigenvalue weighted by molar-refractivity contribution is -0.138. The number of rotatable bonds is 6. The van der Waals surface area contributed by atoms with Crippen LogP contribution in [-0.2, 0) is 17.5 Å². The summed E-state index contributed by atoms with van der Waals surface area (Å²) in [5.41, 5.74) is -1.18. The molecule has 0 aromatic heterocycles. The monoisotopic (exact) mass is 355 g/mol. The Morgan fingerprint density at radius 2 is 1.88 bits per heavy atom. The molecule has 0 aliphatic heterocycles. The predicted molar refractivity (Wildman–Crippen MR) is 80.6 cm³/mol. The molecule has 0 saturated heterocycles. The van der Waals surface area contributed by atoms with E-state index in [1.807, 2.05) is 0 Å². The number of para-hydroxylation sites is 1. The molecule has 0 heterocycles. The quantitative estimate of drug-likeness (QED) is 0.639. The number of alkyl halides is 3. The molecule has 0 bridgehead atoms. The van der Waals surface area contributed by atoms with Gasteiger partial charge >= 0.3 is 6.18 Å². The number of hydrogen-bond donors (Lipinski definition) is 1. The third-order valence-corrected chi connectivity index (χ3v) is 3.26. The molecule has 2 rings (SSSR count). The molecule has 1 N–H and O–H groups in total. The van der Waals surface area contributed by atoms with E-state index < -0.39 is 36.6 Å². The summed E-state index contributed by atoms with van der Waals surface area (Å²) in [5, 5.41) is 2.26. The van der Waals surface area contributed by atoms with E-state index in [0.717, 1.165) is 12.1 Å². The molecule has 0 atom stereocenters.